The van der Waals surface area contributed by atoms with Gasteiger partial charge in [-0.1, -0.05) is 0 Å². The molecule has 3 rings (SSSR count). The lowest BCUT2D eigenvalue weighted by Gasteiger charge is -2.13. The van der Waals surface area contributed by atoms with Crippen molar-refractivity contribution in [1.29, 1.82) is 0 Å². The van der Waals surface area contributed by atoms with E-state index in [0.29, 0.717) is 12.2 Å². The molecule has 1 fully saturated rings. The van der Waals surface area contributed by atoms with Crippen LogP contribution in [0.4, 0.5) is 0 Å². The van der Waals surface area contributed by atoms with E-state index in [0.717, 1.165) is 22.5 Å². The van der Waals surface area contributed by atoms with Gasteiger partial charge in [0.15, 0.2) is 0 Å². The molecule has 0 bridgehead atoms. The summed E-state index contributed by atoms with van der Waals surface area (Å²) in [5.41, 5.74) is 1.44. The third kappa shape index (κ3) is 2.50. The fourth-order valence-electron chi connectivity index (χ4n) is 2.16. The molecule has 0 amide bonds. The molecule has 0 spiro atoms. The SMILES string of the molecule is Cc1cc(=O)oc2cc(OCC3(CS)CC3)ccc12. The lowest BCUT2D eigenvalue weighted by atomic mass is 10.1. The van der Waals surface area contributed by atoms with Crippen molar-refractivity contribution in [2.45, 2.75) is 19.8 Å². The molecular formula is C15H16O3S. The maximum Gasteiger partial charge on any atom is 0.336 e. The first-order valence-electron chi connectivity index (χ1n) is 6.40. The average Bonchev–Trinajstić information content (AvgIpc) is 3.16. The zero-order valence-corrected chi connectivity index (χ0v) is 11.7. The smallest absolute Gasteiger partial charge is 0.336 e. The van der Waals surface area contributed by atoms with Crippen LogP contribution in [0.5, 0.6) is 5.75 Å². The average molecular weight is 276 g/mol. The molecule has 0 aliphatic heterocycles. The van der Waals surface area contributed by atoms with Gasteiger partial charge in [0, 0.05) is 22.9 Å². The summed E-state index contributed by atoms with van der Waals surface area (Å²) in [7, 11) is 0. The predicted octanol–water partition coefficient (Wildman–Crippen LogP) is 3.19. The third-order valence-corrected chi connectivity index (χ3v) is 4.43. The van der Waals surface area contributed by atoms with Crippen molar-refractivity contribution in [3.8, 4) is 5.75 Å². The van der Waals surface area contributed by atoms with Gasteiger partial charge in [-0.15, -0.1) is 0 Å². The van der Waals surface area contributed by atoms with E-state index in [1.54, 1.807) is 6.07 Å². The monoisotopic (exact) mass is 276 g/mol. The lowest BCUT2D eigenvalue weighted by molar-refractivity contribution is 0.250. The Morgan fingerprint density at radius 2 is 2.16 bits per heavy atom. The molecule has 1 aromatic heterocycles. The molecule has 3 nitrogen and oxygen atoms in total. The molecule has 1 aromatic carbocycles. The van der Waals surface area contributed by atoms with Gasteiger partial charge in [0.1, 0.15) is 11.3 Å². The highest BCUT2D eigenvalue weighted by Gasteiger charge is 2.42. The maximum atomic E-state index is 11.4. The van der Waals surface area contributed by atoms with Crippen LogP contribution in [0.2, 0.25) is 0 Å². The van der Waals surface area contributed by atoms with Crippen LogP contribution >= 0.6 is 12.6 Å². The second-order valence-electron chi connectivity index (χ2n) is 5.35. The largest absolute Gasteiger partial charge is 0.493 e. The van der Waals surface area contributed by atoms with Gasteiger partial charge in [0.2, 0.25) is 0 Å². The first-order valence-corrected chi connectivity index (χ1v) is 7.03. The van der Waals surface area contributed by atoms with Gasteiger partial charge >= 0.3 is 5.63 Å². The molecule has 19 heavy (non-hydrogen) atoms. The molecule has 0 atom stereocenters. The predicted molar refractivity (Wildman–Crippen MR) is 78.2 cm³/mol. The minimum absolute atomic E-state index is 0.255. The molecule has 100 valence electrons. The number of ether oxygens (including phenoxy) is 1. The first-order chi connectivity index (χ1) is 9.12. The quantitative estimate of drug-likeness (QED) is 0.688. The Labute approximate surface area is 117 Å². The van der Waals surface area contributed by atoms with Crippen LogP contribution in [0.3, 0.4) is 0 Å². The Morgan fingerprint density at radius 3 is 2.84 bits per heavy atom. The van der Waals surface area contributed by atoms with Gasteiger partial charge in [0.05, 0.1) is 6.61 Å². The molecule has 0 saturated heterocycles. The zero-order valence-electron chi connectivity index (χ0n) is 10.8. The van der Waals surface area contributed by atoms with Gasteiger partial charge in [-0.25, -0.2) is 4.79 Å². The normalized spacial score (nSPS) is 16.5. The highest BCUT2D eigenvalue weighted by Crippen LogP contribution is 2.46. The van der Waals surface area contributed by atoms with Gasteiger partial charge in [-0.05, 0) is 43.2 Å². The van der Waals surface area contributed by atoms with Crippen LogP contribution < -0.4 is 10.4 Å². The Morgan fingerprint density at radius 1 is 1.37 bits per heavy atom. The minimum atomic E-state index is -0.323. The third-order valence-electron chi connectivity index (χ3n) is 3.76. The van der Waals surface area contributed by atoms with Crippen LogP contribution in [0, 0.1) is 12.3 Å². The summed E-state index contributed by atoms with van der Waals surface area (Å²) in [6.07, 6.45) is 2.36. The molecular weight excluding hydrogens is 260 g/mol. The van der Waals surface area contributed by atoms with Crippen molar-refractivity contribution in [1.82, 2.24) is 0 Å². The van der Waals surface area contributed by atoms with E-state index < -0.39 is 0 Å². The molecule has 1 aliphatic carbocycles. The van der Waals surface area contributed by atoms with Crippen LogP contribution in [-0.2, 0) is 0 Å². The van der Waals surface area contributed by atoms with Crippen molar-refractivity contribution in [3.05, 3.63) is 40.2 Å². The van der Waals surface area contributed by atoms with Gasteiger partial charge in [0.25, 0.3) is 0 Å². The molecule has 0 N–H and O–H groups in total. The zero-order chi connectivity index (χ0) is 13.5. The first kappa shape index (κ1) is 12.6. The minimum Gasteiger partial charge on any atom is -0.493 e. The van der Waals surface area contributed by atoms with Crippen LogP contribution in [0.25, 0.3) is 11.0 Å². The summed E-state index contributed by atoms with van der Waals surface area (Å²) in [5.74, 6) is 1.60. The molecule has 0 radical (unpaired) electrons. The molecule has 2 aromatic rings. The van der Waals surface area contributed by atoms with E-state index in [4.69, 9.17) is 9.15 Å². The number of thiol groups is 1. The standard InChI is InChI=1S/C15H16O3S/c1-10-6-14(16)18-13-7-11(2-3-12(10)13)17-8-15(9-19)4-5-15/h2-3,6-7,19H,4-5,8-9H2,1H3. The van der Waals surface area contributed by atoms with Crippen molar-refractivity contribution >= 4 is 23.6 Å². The summed E-state index contributed by atoms with van der Waals surface area (Å²) < 4.78 is 11.0. The lowest BCUT2D eigenvalue weighted by Crippen LogP contribution is -2.14. The summed E-state index contributed by atoms with van der Waals surface area (Å²) in [6, 6.07) is 7.15. The Bertz CT molecular complexity index is 671. The highest BCUT2D eigenvalue weighted by molar-refractivity contribution is 7.80. The van der Waals surface area contributed by atoms with Crippen molar-refractivity contribution < 1.29 is 9.15 Å². The van der Waals surface area contributed by atoms with E-state index in [1.165, 1.54) is 18.9 Å². The van der Waals surface area contributed by atoms with Crippen LogP contribution in [-0.4, -0.2) is 12.4 Å². The number of rotatable bonds is 4. The summed E-state index contributed by atoms with van der Waals surface area (Å²) in [4.78, 5) is 11.4. The van der Waals surface area contributed by atoms with Gasteiger partial charge in [-0.3, -0.25) is 0 Å². The number of fused-ring (bicyclic) bond motifs is 1. The number of hydrogen-bond donors (Lipinski definition) is 1. The Hall–Kier alpha value is -1.42. The van der Waals surface area contributed by atoms with E-state index >= 15 is 0 Å². The number of hydrogen-bond acceptors (Lipinski definition) is 4. The summed E-state index contributed by atoms with van der Waals surface area (Å²) in [5, 5.41) is 0.947. The fourth-order valence-corrected chi connectivity index (χ4v) is 2.56. The van der Waals surface area contributed by atoms with E-state index in [9.17, 15) is 4.79 Å². The highest BCUT2D eigenvalue weighted by atomic mass is 32.1. The number of benzene rings is 1. The summed E-state index contributed by atoms with van der Waals surface area (Å²) in [6.45, 7) is 2.58. The summed E-state index contributed by atoms with van der Waals surface area (Å²) >= 11 is 4.36. The Kier molecular flexibility index (Phi) is 3.05. The van der Waals surface area contributed by atoms with Crippen molar-refractivity contribution in [2.24, 2.45) is 5.41 Å². The second-order valence-corrected chi connectivity index (χ2v) is 5.67. The van der Waals surface area contributed by atoms with Gasteiger partial charge < -0.3 is 9.15 Å². The molecule has 4 heteroatoms. The maximum absolute atomic E-state index is 11.4. The van der Waals surface area contributed by atoms with Crippen molar-refractivity contribution in [2.75, 3.05) is 12.4 Å². The Balaban J connectivity index is 1.87. The fraction of sp³-hybridized carbons (Fsp3) is 0.400. The second kappa shape index (κ2) is 4.60. The van der Waals surface area contributed by atoms with Crippen LogP contribution in [0.15, 0.2) is 33.5 Å². The van der Waals surface area contributed by atoms with Gasteiger partial charge in [-0.2, -0.15) is 12.6 Å². The molecule has 1 saturated carbocycles. The molecule has 0 unspecified atom stereocenters. The van der Waals surface area contributed by atoms with Crippen LogP contribution in [0.1, 0.15) is 18.4 Å². The number of aryl methyl sites for hydroxylation is 1. The topological polar surface area (TPSA) is 39.4 Å². The van der Waals surface area contributed by atoms with E-state index in [2.05, 4.69) is 12.6 Å². The van der Waals surface area contributed by atoms with Crippen molar-refractivity contribution in [3.63, 3.8) is 0 Å². The van der Waals surface area contributed by atoms with E-state index in [1.807, 2.05) is 19.1 Å². The van der Waals surface area contributed by atoms with E-state index in [-0.39, 0.29) is 11.0 Å². The molecule has 1 heterocycles. The molecule has 1 aliphatic rings.